The number of rotatable bonds is 6. The van der Waals surface area contributed by atoms with Crippen LogP contribution in [0.3, 0.4) is 0 Å². The van der Waals surface area contributed by atoms with Crippen molar-refractivity contribution >= 4 is 11.8 Å². The van der Waals surface area contributed by atoms with E-state index in [1.807, 2.05) is 0 Å². The molecular formula is C10H14O3. The fourth-order valence-corrected chi connectivity index (χ4v) is 0.640. The summed E-state index contributed by atoms with van der Waals surface area (Å²) in [4.78, 5) is 21.3. The molecule has 0 atom stereocenters. The highest BCUT2D eigenvalue weighted by Crippen LogP contribution is 1.91. The molecule has 0 saturated carbocycles. The van der Waals surface area contributed by atoms with Crippen molar-refractivity contribution in [1.29, 1.82) is 0 Å². The molecule has 3 heteroatoms. The molecule has 0 saturated heterocycles. The minimum absolute atomic E-state index is 0.0794. The second-order valence-electron chi connectivity index (χ2n) is 2.55. The Morgan fingerprint density at radius 1 is 1.31 bits per heavy atom. The summed E-state index contributed by atoms with van der Waals surface area (Å²) in [6.07, 6.45) is 5.39. The van der Waals surface area contributed by atoms with Gasteiger partial charge in [-0.25, -0.2) is 0 Å². The number of hydrogen-bond donors (Lipinski definition) is 0. The number of hydrogen-bond acceptors (Lipinski definition) is 3. The lowest BCUT2D eigenvalue weighted by atomic mass is 10.2. The Morgan fingerprint density at radius 3 is 2.46 bits per heavy atom. The van der Waals surface area contributed by atoms with Crippen LogP contribution in [-0.2, 0) is 14.3 Å². The van der Waals surface area contributed by atoms with Gasteiger partial charge in [-0.15, -0.1) is 0 Å². The highest BCUT2D eigenvalue weighted by molar-refractivity contribution is 5.77. The first-order valence-electron chi connectivity index (χ1n) is 4.07. The second kappa shape index (κ2) is 7.28. The van der Waals surface area contributed by atoms with Crippen molar-refractivity contribution < 1.29 is 14.3 Å². The van der Waals surface area contributed by atoms with Crippen LogP contribution in [0.1, 0.15) is 19.8 Å². The normalized spacial score (nSPS) is 9.92. The molecule has 0 aromatic heterocycles. The van der Waals surface area contributed by atoms with Gasteiger partial charge >= 0.3 is 5.97 Å². The van der Waals surface area contributed by atoms with Crippen molar-refractivity contribution in [3.63, 3.8) is 0 Å². The van der Waals surface area contributed by atoms with Crippen LogP contribution in [-0.4, -0.2) is 18.4 Å². The summed E-state index contributed by atoms with van der Waals surface area (Å²) in [7, 11) is 0. The van der Waals surface area contributed by atoms with Gasteiger partial charge in [-0.3, -0.25) is 9.59 Å². The maximum absolute atomic E-state index is 10.8. The molecule has 0 N–H and O–H groups in total. The molecule has 0 aliphatic carbocycles. The Hall–Kier alpha value is -1.38. The maximum Gasteiger partial charge on any atom is 0.309 e. The van der Waals surface area contributed by atoms with Crippen LogP contribution in [0.15, 0.2) is 24.8 Å². The van der Waals surface area contributed by atoms with E-state index in [1.165, 1.54) is 13.0 Å². The van der Waals surface area contributed by atoms with Crippen LogP contribution >= 0.6 is 0 Å². The first-order valence-corrected chi connectivity index (χ1v) is 4.07. The Kier molecular flexibility index (Phi) is 6.51. The number of allylic oxidation sites excluding steroid dienone is 1. The Bertz CT molecular complexity index is 216. The molecule has 0 radical (unpaired) electrons. The monoisotopic (exact) mass is 182 g/mol. The van der Waals surface area contributed by atoms with Gasteiger partial charge in [-0.2, -0.15) is 0 Å². The zero-order chi connectivity index (χ0) is 10.1. The van der Waals surface area contributed by atoms with Crippen molar-refractivity contribution in [2.24, 2.45) is 0 Å². The molecule has 0 amide bonds. The molecule has 0 fully saturated rings. The fourth-order valence-electron chi connectivity index (χ4n) is 0.640. The molecule has 0 aromatic carbocycles. The van der Waals surface area contributed by atoms with Crippen molar-refractivity contribution in [2.45, 2.75) is 19.8 Å². The highest BCUT2D eigenvalue weighted by atomic mass is 16.5. The summed E-state index contributed by atoms with van der Waals surface area (Å²) in [5.41, 5.74) is 0. The Balaban J connectivity index is 3.51. The first kappa shape index (κ1) is 11.6. The van der Waals surface area contributed by atoms with Gasteiger partial charge in [-0.1, -0.05) is 24.8 Å². The molecule has 13 heavy (non-hydrogen) atoms. The minimum atomic E-state index is -0.306. The molecular weight excluding hydrogens is 168 g/mol. The van der Waals surface area contributed by atoms with Crippen LogP contribution in [0.4, 0.5) is 0 Å². The first-order chi connectivity index (χ1) is 6.16. The third-order valence-corrected chi connectivity index (χ3v) is 1.22. The van der Waals surface area contributed by atoms with Gasteiger partial charge in [-0.05, 0) is 6.92 Å². The molecule has 0 spiro atoms. The van der Waals surface area contributed by atoms with E-state index < -0.39 is 0 Å². The fraction of sp³-hybridized carbons (Fsp3) is 0.400. The van der Waals surface area contributed by atoms with Crippen LogP contribution in [0, 0.1) is 0 Å². The summed E-state index contributed by atoms with van der Waals surface area (Å²) in [6.45, 7) is 5.15. The summed E-state index contributed by atoms with van der Waals surface area (Å²) in [5.74, 6) is -0.226. The standard InChI is InChI=1S/C10H14O3/c1-3-8-13-10(12)7-5-4-6-9(2)11/h3-5H,1,6-8H2,2H3. The lowest BCUT2D eigenvalue weighted by molar-refractivity contribution is -0.141. The maximum atomic E-state index is 10.8. The quantitative estimate of drug-likeness (QED) is 0.463. The minimum Gasteiger partial charge on any atom is -0.461 e. The van der Waals surface area contributed by atoms with Gasteiger partial charge in [0.1, 0.15) is 12.4 Å². The summed E-state index contributed by atoms with van der Waals surface area (Å²) < 4.78 is 4.71. The number of ether oxygens (including phenoxy) is 1. The largest absolute Gasteiger partial charge is 0.461 e. The van der Waals surface area contributed by atoms with E-state index in [9.17, 15) is 9.59 Å². The predicted octanol–water partition coefficient (Wildman–Crippen LogP) is 1.64. The molecule has 0 rings (SSSR count). The van der Waals surface area contributed by atoms with E-state index >= 15 is 0 Å². The van der Waals surface area contributed by atoms with Gasteiger partial charge in [0.15, 0.2) is 0 Å². The summed E-state index contributed by atoms with van der Waals surface area (Å²) in [6, 6.07) is 0. The smallest absolute Gasteiger partial charge is 0.309 e. The Morgan fingerprint density at radius 2 is 1.92 bits per heavy atom. The van der Waals surface area contributed by atoms with Gasteiger partial charge in [0.05, 0.1) is 6.42 Å². The molecule has 0 aliphatic heterocycles. The lowest BCUT2D eigenvalue weighted by Gasteiger charge is -1.96. The zero-order valence-corrected chi connectivity index (χ0v) is 7.79. The molecule has 0 aromatic rings. The van der Waals surface area contributed by atoms with Gasteiger partial charge in [0.2, 0.25) is 0 Å². The molecule has 0 heterocycles. The third kappa shape index (κ3) is 8.53. The van der Waals surface area contributed by atoms with Crippen LogP contribution in [0.5, 0.6) is 0 Å². The average Bonchev–Trinajstić information content (AvgIpc) is 2.08. The molecule has 72 valence electrons. The van der Waals surface area contributed by atoms with Crippen molar-refractivity contribution in [1.82, 2.24) is 0 Å². The molecule has 0 bridgehead atoms. The highest BCUT2D eigenvalue weighted by Gasteiger charge is 1.96. The van der Waals surface area contributed by atoms with Gasteiger partial charge in [0, 0.05) is 6.42 Å². The van der Waals surface area contributed by atoms with E-state index in [0.29, 0.717) is 6.42 Å². The van der Waals surface area contributed by atoms with E-state index in [1.54, 1.807) is 12.2 Å². The number of ketones is 1. The van der Waals surface area contributed by atoms with Crippen molar-refractivity contribution in [2.75, 3.05) is 6.61 Å². The zero-order valence-electron chi connectivity index (χ0n) is 7.79. The number of carbonyl (C=O) groups excluding carboxylic acids is 2. The van der Waals surface area contributed by atoms with E-state index in [-0.39, 0.29) is 24.8 Å². The van der Waals surface area contributed by atoms with Crippen molar-refractivity contribution in [3.05, 3.63) is 24.8 Å². The van der Waals surface area contributed by atoms with E-state index in [4.69, 9.17) is 4.74 Å². The summed E-state index contributed by atoms with van der Waals surface area (Å²) >= 11 is 0. The van der Waals surface area contributed by atoms with Crippen LogP contribution in [0.25, 0.3) is 0 Å². The van der Waals surface area contributed by atoms with Crippen LogP contribution in [0.2, 0.25) is 0 Å². The van der Waals surface area contributed by atoms with Gasteiger partial charge < -0.3 is 4.74 Å². The molecule has 3 nitrogen and oxygen atoms in total. The topological polar surface area (TPSA) is 43.4 Å². The summed E-state index contributed by atoms with van der Waals surface area (Å²) in [5, 5.41) is 0. The third-order valence-electron chi connectivity index (χ3n) is 1.22. The van der Waals surface area contributed by atoms with E-state index in [0.717, 1.165) is 0 Å². The Labute approximate surface area is 78.1 Å². The number of Topliss-reactive ketones (excluding diaryl/α,β-unsaturated/α-hetero) is 1. The van der Waals surface area contributed by atoms with Crippen molar-refractivity contribution in [3.8, 4) is 0 Å². The SMILES string of the molecule is C=CCOC(=O)CC=CCC(C)=O. The predicted molar refractivity (Wildman–Crippen MR) is 50.2 cm³/mol. The molecule has 0 unspecified atom stereocenters. The van der Waals surface area contributed by atoms with Gasteiger partial charge in [0.25, 0.3) is 0 Å². The number of esters is 1. The lowest BCUT2D eigenvalue weighted by Crippen LogP contribution is -2.02. The average molecular weight is 182 g/mol. The van der Waals surface area contributed by atoms with Crippen LogP contribution < -0.4 is 0 Å². The second-order valence-corrected chi connectivity index (χ2v) is 2.55. The van der Waals surface area contributed by atoms with E-state index in [2.05, 4.69) is 6.58 Å². The molecule has 0 aliphatic rings. The number of carbonyl (C=O) groups is 2.